The third kappa shape index (κ3) is 5.14. The third-order valence-corrected chi connectivity index (χ3v) is 7.48. The topological polar surface area (TPSA) is 114 Å². The van der Waals surface area contributed by atoms with Crippen molar-refractivity contribution >= 4 is 33.4 Å². The van der Waals surface area contributed by atoms with Gasteiger partial charge in [-0.25, -0.2) is 13.1 Å². The second-order valence-electron chi connectivity index (χ2n) is 7.81. The van der Waals surface area contributed by atoms with E-state index in [1.165, 1.54) is 13.2 Å². The fourth-order valence-corrected chi connectivity index (χ4v) is 5.65. The van der Waals surface area contributed by atoms with Crippen molar-refractivity contribution in [1.82, 2.24) is 15.1 Å². The lowest BCUT2D eigenvalue weighted by molar-refractivity contribution is -0.117. The van der Waals surface area contributed by atoms with Gasteiger partial charge in [-0.2, -0.15) is 10.4 Å². The highest BCUT2D eigenvalue weighted by atomic mass is 35.5. The van der Waals surface area contributed by atoms with Crippen LogP contribution >= 0.6 is 11.6 Å². The Balaban J connectivity index is 1.73. The monoisotopic (exact) mass is 496 g/mol. The highest BCUT2D eigenvalue weighted by molar-refractivity contribution is 7.91. The number of hydrogen-bond acceptors (Lipinski definition) is 6. The first-order valence-electron chi connectivity index (χ1n) is 10.4. The van der Waals surface area contributed by atoms with Gasteiger partial charge in [0, 0.05) is 23.4 Å². The number of para-hydroxylation sites is 1. The van der Waals surface area contributed by atoms with Crippen LogP contribution in [-0.2, 0) is 14.6 Å². The Morgan fingerprint density at radius 3 is 2.68 bits per heavy atom. The number of aromatic nitrogens is 2. The van der Waals surface area contributed by atoms with Crippen LogP contribution in [0.2, 0.25) is 5.02 Å². The van der Waals surface area contributed by atoms with Gasteiger partial charge in [0.15, 0.2) is 9.84 Å². The lowest BCUT2D eigenvalue weighted by Crippen LogP contribution is -2.36. The summed E-state index contributed by atoms with van der Waals surface area (Å²) in [5.41, 5.74) is 2.35. The summed E-state index contributed by atoms with van der Waals surface area (Å²) in [6.07, 6.45) is 3.49. The average Bonchev–Trinajstić information content (AvgIpc) is 3.40. The first-order chi connectivity index (χ1) is 16.3. The predicted octanol–water partition coefficient (Wildman–Crippen LogP) is 3.41. The van der Waals surface area contributed by atoms with Gasteiger partial charge < -0.3 is 10.1 Å². The van der Waals surface area contributed by atoms with E-state index in [2.05, 4.69) is 10.4 Å². The van der Waals surface area contributed by atoms with Gasteiger partial charge in [0.25, 0.3) is 5.91 Å². The number of hydrogen-bond donors (Lipinski definition) is 1. The number of methoxy groups -OCH3 is 1. The summed E-state index contributed by atoms with van der Waals surface area (Å²) in [4.78, 5) is 12.7. The number of nitriles is 1. The van der Waals surface area contributed by atoms with Crippen LogP contribution in [0.5, 0.6) is 5.75 Å². The number of ether oxygens (including phenoxy) is 1. The molecule has 1 aliphatic rings. The number of carbonyl (C=O) groups is 1. The van der Waals surface area contributed by atoms with E-state index in [4.69, 9.17) is 16.3 Å². The molecule has 1 amide bonds. The molecule has 2 heterocycles. The normalized spacial score (nSPS) is 17.2. The number of sulfone groups is 1. The van der Waals surface area contributed by atoms with Gasteiger partial charge in [-0.1, -0.05) is 29.8 Å². The molecule has 4 rings (SSSR count). The van der Waals surface area contributed by atoms with Gasteiger partial charge in [0.2, 0.25) is 0 Å². The van der Waals surface area contributed by atoms with E-state index in [9.17, 15) is 18.5 Å². The van der Waals surface area contributed by atoms with Crippen LogP contribution in [0.1, 0.15) is 12.0 Å². The van der Waals surface area contributed by atoms with E-state index in [0.29, 0.717) is 34.0 Å². The Morgan fingerprint density at radius 1 is 1.29 bits per heavy atom. The molecule has 3 aromatic rings. The summed E-state index contributed by atoms with van der Waals surface area (Å²) in [6, 6.07) is 16.0. The molecular formula is C24H21ClN4O4S. The van der Waals surface area contributed by atoms with Crippen LogP contribution in [0, 0.1) is 11.3 Å². The van der Waals surface area contributed by atoms with Crippen molar-refractivity contribution in [3.05, 3.63) is 70.9 Å². The predicted molar refractivity (Wildman–Crippen MR) is 129 cm³/mol. The van der Waals surface area contributed by atoms with Crippen molar-refractivity contribution in [2.75, 3.05) is 18.6 Å². The maximum atomic E-state index is 12.7. The second kappa shape index (κ2) is 9.71. The average molecular weight is 497 g/mol. The molecule has 2 aromatic carbocycles. The quantitative estimate of drug-likeness (QED) is 0.413. The zero-order chi connectivity index (χ0) is 24.3. The first kappa shape index (κ1) is 23.5. The largest absolute Gasteiger partial charge is 0.495 e. The summed E-state index contributed by atoms with van der Waals surface area (Å²) < 4.78 is 30.3. The van der Waals surface area contributed by atoms with Gasteiger partial charge >= 0.3 is 0 Å². The van der Waals surface area contributed by atoms with E-state index >= 15 is 0 Å². The lowest BCUT2D eigenvalue weighted by atomic mass is 10.1. The molecule has 0 spiro atoms. The molecule has 34 heavy (non-hydrogen) atoms. The molecule has 1 aromatic heterocycles. The van der Waals surface area contributed by atoms with Crippen molar-refractivity contribution in [3.8, 4) is 28.8 Å². The minimum atomic E-state index is -3.17. The number of rotatable bonds is 6. The van der Waals surface area contributed by atoms with Crippen LogP contribution in [0.25, 0.3) is 23.0 Å². The number of carbonyl (C=O) groups excluding carboxylic acids is 1. The molecule has 1 N–H and O–H groups in total. The number of nitrogens with one attached hydrogen (secondary N) is 1. The van der Waals surface area contributed by atoms with Crippen LogP contribution in [0.15, 0.2) is 60.3 Å². The van der Waals surface area contributed by atoms with Crippen LogP contribution in [-0.4, -0.2) is 48.8 Å². The maximum Gasteiger partial charge on any atom is 0.262 e. The SMILES string of the molecule is COc1ccc(-c2nn(-c3ccccc3)cc2C=C(C#N)C(=O)NC2CCS(=O)(=O)C2)cc1Cl. The van der Waals surface area contributed by atoms with Crippen LogP contribution in [0.3, 0.4) is 0 Å². The highest BCUT2D eigenvalue weighted by Crippen LogP contribution is 2.32. The summed E-state index contributed by atoms with van der Waals surface area (Å²) in [5, 5.41) is 17.4. The molecule has 0 radical (unpaired) electrons. The zero-order valence-electron chi connectivity index (χ0n) is 18.2. The standard InChI is InChI=1S/C24H21ClN4O4S/c1-33-22-8-7-16(12-21(22)25)23-18(14-29(28-23)20-5-3-2-4-6-20)11-17(13-26)24(30)27-19-9-10-34(31,32)15-19/h2-8,11-12,14,19H,9-10,15H2,1H3,(H,27,30). The van der Waals surface area contributed by atoms with Gasteiger partial charge in [0.1, 0.15) is 23.1 Å². The highest BCUT2D eigenvalue weighted by Gasteiger charge is 2.29. The summed E-state index contributed by atoms with van der Waals surface area (Å²) in [5.74, 6) is -0.223. The van der Waals surface area contributed by atoms with E-state index in [-0.39, 0.29) is 17.1 Å². The summed E-state index contributed by atoms with van der Waals surface area (Å²) in [7, 11) is -1.65. The number of halogens is 1. The molecule has 1 fully saturated rings. The Bertz CT molecular complexity index is 1410. The number of amides is 1. The minimum Gasteiger partial charge on any atom is -0.495 e. The molecule has 174 valence electrons. The smallest absolute Gasteiger partial charge is 0.262 e. The van der Waals surface area contributed by atoms with Gasteiger partial charge in [-0.15, -0.1) is 0 Å². The molecule has 1 saturated heterocycles. The Kier molecular flexibility index (Phi) is 6.72. The Morgan fingerprint density at radius 2 is 2.06 bits per heavy atom. The molecule has 0 saturated carbocycles. The molecule has 8 nitrogen and oxygen atoms in total. The van der Waals surface area contributed by atoms with Crippen molar-refractivity contribution in [1.29, 1.82) is 5.26 Å². The first-order valence-corrected chi connectivity index (χ1v) is 12.6. The zero-order valence-corrected chi connectivity index (χ0v) is 19.8. The van der Waals surface area contributed by atoms with Gasteiger partial charge in [0.05, 0.1) is 29.3 Å². The molecular weight excluding hydrogens is 476 g/mol. The minimum absolute atomic E-state index is 0.0236. The van der Waals surface area contributed by atoms with Crippen molar-refractivity contribution in [3.63, 3.8) is 0 Å². The summed E-state index contributed by atoms with van der Waals surface area (Å²) in [6.45, 7) is 0. The third-order valence-electron chi connectivity index (χ3n) is 5.42. The summed E-state index contributed by atoms with van der Waals surface area (Å²) >= 11 is 6.32. The van der Waals surface area contributed by atoms with Gasteiger partial charge in [-0.05, 0) is 42.8 Å². The van der Waals surface area contributed by atoms with E-state index in [1.54, 1.807) is 29.1 Å². The maximum absolute atomic E-state index is 12.7. The number of benzene rings is 2. The van der Waals surface area contributed by atoms with E-state index in [1.807, 2.05) is 36.4 Å². The second-order valence-corrected chi connectivity index (χ2v) is 10.4. The number of nitrogens with zero attached hydrogens (tertiary/aromatic N) is 3. The van der Waals surface area contributed by atoms with Crippen molar-refractivity contribution in [2.45, 2.75) is 12.5 Å². The lowest BCUT2D eigenvalue weighted by Gasteiger charge is -2.10. The fourth-order valence-electron chi connectivity index (χ4n) is 3.72. The Labute approximate surface area is 202 Å². The van der Waals surface area contributed by atoms with E-state index in [0.717, 1.165) is 5.69 Å². The van der Waals surface area contributed by atoms with Crippen LogP contribution < -0.4 is 10.1 Å². The molecule has 10 heteroatoms. The van der Waals surface area contributed by atoms with Crippen molar-refractivity contribution in [2.24, 2.45) is 0 Å². The molecule has 0 aliphatic carbocycles. The van der Waals surface area contributed by atoms with Crippen molar-refractivity contribution < 1.29 is 17.9 Å². The van der Waals surface area contributed by atoms with Crippen LogP contribution in [0.4, 0.5) is 0 Å². The fraction of sp³-hybridized carbons (Fsp3) is 0.208. The molecule has 0 bridgehead atoms. The van der Waals surface area contributed by atoms with Gasteiger partial charge in [-0.3, -0.25) is 4.79 Å². The Hall–Kier alpha value is -3.61. The molecule has 1 aliphatic heterocycles. The molecule has 1 unspecified atom stereocenters. The molecule has 1 atom stereocenters. The van der Waals surface area contributed by atoms with E-state index < -0.39 is 21.8 Å².